The second-order valence-electron chi connectivity index (χ2n) is 5.28. The number of aromatic hydroxyl groups is 1. The van der Waals surface area contributed by atoms with Gasteiger partial charge < -0.3 is 15.7 Å². The lowest BCUT2D eigenvalue weighted by atomic mass is 10.1. The Hall–Kier alpha value is -2.69. The van der Waals surface area contributed by atoms with E-state index in [9.17, 15) is 9.90 Å². The van der Waals surface area contributed by atoms with Crippen LogP contribution < -0.4 is 10.6 Å². The monoisotopic (exact) mass is 372 g/mol. The zero-order chi connectivity index (χ0) is 17.8. The third kappa shape index (κ3) is 4.05. The lowest BCUT2D eigenvalue weighted by molar-refractivity contribution is 0.262. The van der Waals surface area contributed by atoms with Crippen molar-refractivity contribution in [2.24, 2.45) is 0 Å². The van der Waals surface area contributed by atoms with Gasteiger partial charge in [0.05, 0.1) is 10.7 Å². The van der Waals surface area contributed by atoms with Crippen LogP contribution >= 0.6 is 23.2 Å². The molecule has 6 heteroatoms. The van der Waals surface area contributed by atoms with Crippen LogP contribution in [-0.4, -0.2) is 11.1 Å². The minimum Gasteiger partial charge on any atom is -0.504 e. The van der Waals surface area contributed by atoms with E-state index in [1.807, 2.05) is 42.5 Å². The molecule has 0 unspecified atom stereocenters. The zero-order valence-corrected chi connectivity index (χ0v) is 14.5. The third-order valence-electron chi connectivity index (χ3n) is 3.57. The smallest absolute Gasteiger partial charge is 0.323 e. The molecule has 3 aromatic rings. The maximum absolute atomic E-state index is 12.1. The number of phenolic OH excluding ortho intramolecular Hbond substituents is 1. The summed E-state index contributed by atoms with van der Waals surface area (Å²) in [6.07, 6.45) is 0. The molecule has 0 radical (unpaired) electrons. The van der Waals surface area contributed by atoms with Crippen LogP contribution in [0.2, 0.25) is 10.0 Å². The van der Waals surface area contributed by atoms with Gasteiger partial charge in [-0.15, -0.1) is 0 Å². The van der Waals surface area contributed by atoms with Crippen LogP contribution in [0.1, 0.15) is 0 Å². The molecule has 3 aromatic carbocycles. The van der Waals surface area contributed by atoms with E-state index in [1.165, 1.54) is 12.1 Å². The molecular weight excluding hydrogens is 359 g/mol. The minimum absolute atomic E-state index is 0.00770. The summed E-state index contributed by atoms with van der Waals surface area (Å²) in [5.74, 6) is -0.274. The van der Waals surface area contributed by atoms with Crippen LogP contribution in [-0.2, 0) is 0 Å². The Morgan fingerprint density at radius 2 is 1.44 bits per heavy atom. The highest BCUT2D eigenvalue weighted by Crippen LogP contribution is 2.37. The predicted octanol–water partition coefficient (Wildman–Crippen LogP) is 6.01. The number of rotatable bonds is 3. The van der Waals surface area contributed by atoms with E-state index in [-0.39, 0.29) is 21.5 Å². The van der Waals surface area contributed by atoms with E-state index in [1.54, 1.807) is 12.1 Å². The van der Waals surface area contributed by atoms with Gasteiger partial charge in [0, 0.05) is 5.69 Å². The number of nitrogens with one attached hydrogen (secondary N) is 2. The first kappa shape index (κ1) is 17.1. The molecule has 0 bridgehead atoms. The summed E-state index contributed by atoms with van der Waals surface area (Å²) in [6, 6.07) is 19.8. The van der Waals surface area contributed by atoms with E-state index in [0.717, 1.165) is 11.1 Å². The molecule has 3 rings (SSSR count). The van der Waals surface area contributed by atoms with E-state index >= 15 is 0 Å². The average molecular weight is 373 g/mol. The fourth-order valence-electron chi connectivity index (χ4n) is 2.30. The molecule has 0 aromatic heterocycles. The van der Waals surface area contributed by atoms with E-state index in [0.29, 0.717) is 5.69 Å². The summed E-state index contributed by atoms with van der Waals surface area (Å²) >= 11 is 11.6. The highest BCUT2D eigenvalue weighted by Gasteiger charge is 2.12. The lowest BCUT2D eigenvalue weighted by Crippen LogP contribution is -2.19. The van der Waals surface area contributed by atoms with Gasteiger partial charge in [0.15, 0.2) is 5.75 Å². The van der Waals surface area contributed by atoms with Crippen molar-refractivity contribution in [3.63, 3.8) is 0 Å². The van der Waals surface area contributed by atoms with Crippen molar-refractivity contribution in [3.8, 4) is 16.9 Å². The number of halogens is 2. The Morgan fingerprint density at radius 3 is 2.12 bits per heavy atom. The van der Waals surface area contributed by atoms with Gasteiger partial charge in [-0.2, -0.15) is 0 Å². The molecular formula is C19H14Cl2N2O2. The van der Waals surface area contributed by atoms with E-state index in [2.05, 4.69) is 10.6 Å². The lowest BCUT2D eigenvalue weighted by Gasteiger charge is -2.11. The number of phenols is 1. The number of carbonyl (C=O) groups excluding carboxylic acids is 1. The SMILES string of the molecule is O=C(Nc1ccc(-c2ccccc2)cc1)Nc1ccc(Cl)c(Cl)c1O. The molecule has 126 valence electrons. The first-order valence-corrected chi connectivity index (χ1v) is 8.20. The Morgan fingerprint density at radius 1 is 0.800 bits per heavy atom. The Bertz CT molecular complexity index is 897. The summed E-state index contributed by atoms with van der Waals surface area (Å²) in [5.41, 5.74) is 2.94. The first-order valence-electron chi connectivity index (χ1n) is 7.45. The molecule has 3 N–H and O–H groups in total. The van der Waals surface area contributed by atoms with Crippen LogP contribution in [0.15, 0.2) is 66.7 Å². The fourth-order valence-corrected chi connectivity index (χ4v) is 2.62. The Balaban J connectivity index is 1.68. The molecule has 0 saturated carbocycles. The standard InChI is InChI=1S/C19H14Cl2N2O2/c20-15-10-11-16(18(24)17(15)21)23-19(25)22-14-8-6-13(7-9-14)12-4-2-1-3-5-12/h1-11,24H,(H2,22,23,25). The van der Waals surface area contributed by atoms with Crippen molar-refractivity contribution in [2.75, 3.05) is 10.6 Å². The number of anilines is 2. The van der Waals surface area contributed by atoms with Gasteiger partial charge in [0.2, 0.25) is 0 Å². The Labute approximate surface area is 155 Å². The molecule has 0 aliphatic rings. The minimum atomic E-state index is -0.499. The van der Waals surface area contributed by atoms with Crippen LogP contribution in [0, 0.1) is 0 Å². The highest BCUT2D eigenvalue weighted by molar-refractivity contribution is 6.43. The van der Waals surface area contributed by atoms with Crippen LogP contribution in [0.3, 0.4) is 0 Å². The maximum Gasteiger partial charge on any atom is 0.323 e. The predicted molar refractivity (Wildman–Crippen MR) is 103 cm³/mol. The third-order valence-corrected chi connectivity index (χ3v) is 4.36. The number of carbonyl (C=O) groups is 1. The molecule has 25 heavy (non-hydrogen) atoms. The topological polar surface area (TPSA) is 61.4 Å². The molecule has 0 aliphatic carbocycles. The average Bonchev–Trinajstić information content (AvgIpc) is 2.63. The molecule has 0 fully saturated rings. The van der Waals surface area contributed by atoms with Crippen molar-refractivity contribution in [1.82, 2.24) is 0 Å². The van der Waals surface area contributed by atoms with Crippen LogP contribution in [0.4, 0.5) is 16.2 Å². The van der Waals surface area contributed by atoms with Gasteiger partial charge in [0.25, 0.3) is 0 Å². The molecule has 0 aliphatic heterocycles. The summed E-state index contributed by atoms with van der Waals surface area (Å²) in [4.78, 5) is 12.1. The van der Waals surface area contributed by atoms with Gasteiger partial charge >= 0.3 is 6.03 Å². The number of urea groups is 1. The van der Waals surface area contributed by atoms with Gasteiger partial charge in [-0.1, -0.05) is 65.7 Å². The van der Waals surface area contributed by atoms with Crippen molar-refractivity contribution in [3.05, 3.63) is 76.8 Å². The summed E-state index contributed by atoms with van der Waals surface area (Å²) in [7, 11) is 0. The summed E-state index contributed by atoms with van der Waals surface area (Å²) in [5, 5.41) is 15.3. The molecule has 4 nitrogen and oxygen atoms in total. The Kier molecular flexibility index (Phi) is 5.12. The summed E-state index contributed by atoms with van der Waals surface area (Å²) < 4.78 is 0. The quantitative estimate of drug-likeness (QED) is 0.493. The van der Waals surface area contributed by atoms with Crippen molar-refractivity contribution in [2.45, 2.75) is 0 Å². The summed E-state index contributed by atoms with van der Waals surface area (Å²) in [6.45, 7) is 0. The second kappa shape index (κ2) is 7.47. The molecule has 0 saturated heterocycles. The first-order chi connectivity index (χ1) is 12.0. The van der Waals surface area contributed by atoms with Crippen LogP contribution in [0.25, 0.3) is 11.1 Å². The van der Waals surface area contributed by atoms with E-state index < -0.39 is 6.03 Å². The molecule has 2 amide bonds. The van der Waals surface area contributed by atoms with Crippen molar-refractivity contribution in [1.29, 1.82) is 0 Å². The highest BCUT2D eigenvalue weighted by atomic mass is 35.5. The van der Waals surface area contributed by atoms with Gasteiger partial charge in [-0.05, 0) is 35.4 Å². The normalized spacial score (nSPS) is 10.3. The maximum atomic E-state index is 12.1. The van der Waals surface area contributed by atoms with Gasteiger partial charge in [-0.3, -0.25) is 0 Å². The largest absolute Gasteiger partial charge is 0.504 e. The van der Waals surface area contributed by atoms with Crippen molar-refractivity contribution < 1.29 is 9.90 Å². The van der Waals surface area contributed by atoms with Gasteiger partial charge in [-0.25, -0.2) is 4.79 Å². The van der Waals surface area contributed by atoms with Gasteiger partial charge in [0.1, 0.15) is 5.02 Å². The molecule has 0 spiro atoms. The van der Waals surface area contributed by atoms with E-state index in [4.69, 9.17) is 23.2 Å². The number of hydrogen-bond acceptors (Lipinski definition) is 2. The zero-order valence-electron chi connectivity index (χ0n) is 13.0. The number of hydrogen-bond donors (Lipinski definition) is 3. The number of benzene rings is 3. The second-order valence-corrected chi connectivity index (χ2v) is 6.07. The molecule has 0 atom stereocenters. The number of amides is 2. The van der Waals surface area contributed by atoms with Crippen LogP contribution in [0.5, 0.6) is 5.75 Å². The molecule has 0 heterocycles. The van der Waals surface area contributed by atoms with Crippen molar-refractivity contribution >= 4 is 40.6 Å². The fraction of sp³-hybridized carbons (Fsp3) is 0.